The average Bonchev–Trinajstić information content (AvgIpc) is 2.93. The lowest BCUT2D eigenvalue weighted by Crippen LogP contribution is -2.05. The van der Waals surface area contributed by atoms with Crippen molar-refractivity contribution in [3.63, 3.8) is 0 Å². The molecule has 3 nitrogen and oxygen atoms in total. The molecule has 0 saturated carbocycles. The number of hydrogen-bond acceptors (Lipinski definition) is 4. The second-order valence-corrected chi connectivity index (χ2v) is 6.22. The van der Waals surface area contributed by atoms with E-state index in [9.17, 15) is 0 Å². The third-order valence-corrected chi connectivity index (χ3v) is 4.97. The van der Waals surface area contributed by atoms with Crippen LogP contribution in [0.4, 0.5) is 5.69 Å². The van der Waals surface area contributed by atoms with Gasteiger partial charge >= 0.3 is 0 Å². The first-order valence-electron chi connectivity index (χ1n) is 6.00. The molecule has 3 aromatic rings. The SMILES string of the molecule is Cc1nc2cc(NC(C)c3sccc3Br)ccc2o1. The van der Waals surface area contributed by atoms with Crippen molar-refractivity contribution >= 4 is 44.1 Å². The maximum absolute atomic E-state index is 5.47. The van der Waals surface area contributed by atoms with Gasteiger partial charge in [-0.3, -0.25) is 0 Å². The van der Waals surface area contributed by atoms with Crippen molar-refractivity contribution < 1.29 is 4.42 Å². The van der Waals surface area contributed by atoms with Crippen LogP contribution >= 0.6 is 27.3 Å². The largest absolute Gasteiger partial charge is 0.441 e. The van der Waals surface area contributed by atoms with E-state index in [0.29, 0.717) is 5.89 Å². The van der Waals surface area contributed by atoms with Crippen LogP contribution in [0.2, 0.25) is 0 Å². The molecule has 1 aromatic carbocycles. The maximum Gasteiger partial charge on any atom is 0.192 e. The lowest BCUT2D eigenvalue weighted by Gasteiger charge is -2.14. The zero-order valence-corrected chi connectivity index (χ0v) is 13.0. The van der Waals surface area contributed by atoms with E-state index in [4.69, 9.17) is 4.42 Å². The minimum Gasteiger partial charge on any atom is -0.441 e. The van der Waals surface area contributed by atoms with Crippen LogP contribution in [0.1, 0.15) is 23.7 Å². The Labute approximate surface area is 123 Å². The number of fused-ring (bicyclic) bond motifs is 1. The number of rotatable bonds is 3. The predicted octanol–water partition coefficient (Wildman–Crippen LogP) is 5.13. The average molecular weight is 337 g/mol. The Hall–Kier alpha value is -1.33. The minimum atomic E-state index is 0.250. The molecular weight excluding hydrogens is 324 g/mol. The molecule has 0 saturated heterocycles. The third-order valence-electron chi connectivity index (χ3n) is 2.92. The van der Waals surface area contributed by atoms with Crippen molar-refractivity contribution in [2.45, 2.75) is 19.9 Å². The van der Waals surface area contributed by atoms with Crippen molar-refractivity contribution in [1.29, 1.82) is 0 Å². The van der Waals surface area contributed by atoms with Gasteiger partial charge in [-0.15, -0.1) is 11.3 Å². The second kappa shape index (κ2) is 4.98. The highest BCUT2D eigenvalue weighted by molar-refractivity contribution is 9.10. The number of benzene rings is 1. The van der Waals surface area contributed by atoms with E-state index < -0.39 is 0 Å². The Morgan fingerprint density at radius 3 is 2.95 bits per heavy atom. The van der Waals surface area contributed by atoms with Crippen LogP contribution in [0.25, 0.3) is 11.1 Å². The van der Waals surface area contributed by atoms with Gasteiger partial charge in [0.2, 0.25) is 0 Å². The molecule has 2 aromatic heterocycles. The molecule has 0 amide bonds. The maximum atomic E-state index is 5.47. The number of oxazole rings is 1. The van der Waals surface area contributed by atoms with Gasteiger partial charge in [0.15, 0.2) is 11.5 Å². The van der Waals surface area contributed by atoms with Crippen LogP contribution in [0.3, 0.4) is 0 Å². The summed E-state index contributed by atoms with van der Waals surface area (Å²) < 4.78 is 6.62. The van der Waals surface area contributed by atoms with Crippen LogP contribution in [-0.2, 0) is 0 Å². The fraction of sp³-hybridized carbons (Fsp3) is 0.214. The predicted molar refractivity (Wildman–Crippen MR) is 82.8 cm³/mol. The number of halogens is 1. The smallest absolute Gasteiger partial charge is 0.192 e. The molecule has 0 radical (unpaired) electrons. The van der Waals surface area contributed by atoms with Gasteiger partial charge in [0.25, 0.3) is 0 Å². The van der Waals surface area contributed by atoms with E-state index >= 15 is 0 Å². The molecule has 0 aliphatic rings. The fourth-order valence-corrected chi connectivity index (χ4v) is 3.79. The molecule has 1 atom stereocenters. The molecule has 0 aliphatic heterocycles. The first-order chi connectivity index (χ1) is 9.13. The molecule has 5 heteroatoms. The quantitative estimate of drug-likeness (QED) is 0.720. The summed E-state index contributed by atoms with van der Waals surface area (Å²) in [5.74, 6) is 0.696. The van der Waals surface area contributed by atoms with Gasteiger partial charge in [-0.25, -0.2) is 4.98 Å². The van der Waals surface area contributed by atoms with Gasteiger partial charge < -0.3 is 9.73 Å². The van der Waals surface area contributed by atoms with Crippen molar-refractivity contribution in [2.24, 2.45) is 0 Å². The standard InChI is InChI=1S/C14H13BrN2OS/c1-8(14-11(15)5-6-19-14)16-10-3-4-13-12(7-10)17-9(2)18-13/h3-8,16H,1-2H3. The molecule has 2 heterocycles. The molecule has 0 aliphatic carbocycles. The van der Waals surface area contributed by atoms with Crippen LogP contribution < -0.4 is 5.32 Å². The van der Waals surface area contributed by atoms with E-state index in [2.05, 4.69) is 44.6 Å². The summed E-state index contributed by atoms with van der Waals surface area (Å²) in [5.41, 5.74) is 2.77. The summed E-state index contributed by atoms with van der Waals surface area (Å²) >= 11 is 5.31. The molecule has 0 spiro atoms. The van der Waals surface area contributed by atoms with Gasteiger partial charge in [-0.2, -0.15) is 0 Å². The minimum absolute atomic E-state index is 0.250. The topological polar surface area (TPSA) is 38.1 Å². The van der Waals surface area contributed by atoms with Gasteiger partial charge in [-0.05, 0) is 52.5 Å². The monoisotopic (exact) mass is 336 g/mol. The zero-order chi connectivity index (χ0) is 13.4. The first-order valence-corrected chi connectivity index (χ1v) is 7.67. The van der Waals surface area contributed by atoms with E-state index in [-0.39, 0.29) is 6.04 Å². The number of aryl methyl sites for hydroxylation is 1. The number of anilines is 1. The molecular formula is C14H13BrN2OS. The summed E-state index contributed by atoms with van der Waals surface area (Å²) in [5, 5.41) is 5.57. The van der Waals surface area contributed by atoms with Crippen molar-refractivity contribution in [3.05, 3.63) is 44.9 Å². The Balaban J connectivity index is 1.86. The molecule has 98 valence electrons. The Kier molecular flexibility index (Phi) is 3.33. The van der Waals surface area contributed by atoms with Crippen LogP contribution in [0, 0.1) is 6.92 Å². The molecule has 1 N–H and O–H groups in total. The number of hydrogen-bond donors (Lipinski definition) is 1. The van der Waals surface area contributed by atoms with Crippen molar-refractivity contribution in [2.75, 3.05) is 5.32 Å². The van der Waals surface area contributed by atoms with Crippen LogP contribution in [0.15, 0.2) is 38.5 Å². The van der Waals surface area contributed by atoms with Crippen molar-refractivity contribution in [3.8, 4) is 0 Å². The van der Waals surface area contributed by atoms with E-state index in [0.717, 1.165) is 21.3 Å². The van der Waals surface area contributed by atoms with Gasteiger partial charge in [-0.1, -0.05) is 0 Å². The Morgan fingerprint density at radius 1 is 1.37 bits per heavy atom. The highest BCUT2D eigenvalue weighted by Crippen LogP contribution is 2.31. The van der Waals surface area contributed by atoms with E-state index in [1.807, 2.05) is 25.1 Å². The number of thiophene rings is 1. The molecule has 3 rings (SSSR count). The number of nitrogens with zero attached hydrogens (tertiary/aromatic N) is 1. The summed E-state index contributed by atoms with van der Waals surface area (Å²) in [6.07, 6.45) is 0. The fourth-order valence-electron chi connectivity index (χ4n) is 2.06. The third kappa shape index (κ3) is 2.53. The zero-order valence-electron chi connectivity index (χ0n) is 10.6. The van der Waals surface area contributed by atoms with Crippen LogP contribution in [-0.4, -0.2) is 4.98 Å². The van der Waals surface area contributed by atoms with Crippen LogP contribution in [0.5, 0.6) is 0 Å². The first kappa shape index (κ1) is 12.7. The second-order valence-electron chi connectivity index (χ2n) is 4.41. The van der Waals surface area contributed by atoms with E-state index in [1.54, 1.807) is 11.3 Å². The van der Waals surface area contributed by atoms with Crippen molar-refractivity contribution in [1.82, 2.24) is 4.98 Å². The Bertz CT molecular complexity index is 719. The molecule has 0 bridgehead atoms. The van der Waals surface area contributed by atoms with E-state index in [1.165, 1.54) is 4.88 Å². The summed E-state index contributed by atoms with van der Waals surface area (Å²) in [6.45, 7) is 4.01. The molecule has 1 unspecified atom stereocenters. The summed E-state index contributed by atoms with van der Waals surface area (Å²) in [4.78, 5) is 5.64. The normalized spacial score (nSPS) is 12.8. The van der Waals surface area contributed by atoms with Gasteiger partial charge in [0, 0.05) is 22.0 Å². The lowest BCUT2D eigenvalue weighted by atomic mass is 10.2. The Morgan fingerprint density at radius 2 is 2.21 bits per heavy atom. The lowest BCUT2D eigenvalue weighted by molar-refractivity contribution is 0.561. The number of nitrogens with one attached hydrogen (secondary N) is 1. The molecule has 19 heavy (non-hydrogen) atoms. The summed E-state index contributed by atoms with van der Waals surface area (Å²) in [6, 6.07) is 8.31. The summed E-state index contributed by atoms with van der Waals surface area (Å²) in [7, 11) is 0. The van der Waals surface area contributed by atoms with Gasteiger partial charge in [0.05, 0.1) is 6.04 Å². The van der Waals surface area contributed by atoms with Gasteiger partial charge in [0.1, 0.15) is 5.52 Å². The highest BCUT2D eigenvalue weighted by Gasteiger charge is 2.11. The highest BCUT2D eigenvalue weighted by atomic mass is 79.9. The molecule has 0 fully saturated rings. The number of aromatic nitrogens is 1.